The third-order valence-corrected chi connectivity index (χ3v) is 4.74. The second kappa shape index (κ2) is 10.2. The van der Waals surface area contributed by atoms with E-state index in [1.165, 1.54) is 0 Å². The second-order valence-corrected chi connectivity index (χ2v) is 7.57. The van der Waals surface area contributed by atoms with Crippen LogP contribution in [-0.4, -0.2) is 48.4 Å². The molecule has 158 valence electrons. The van der Waals surface area contributed by atoms with Crippen molar-refractivity contribution >= 4 is 11.8 Å². The molecule has 0 aromatic carbocycles. The molecule has 1 fully saturated rings. The van der Waals surface area contributed by atoms with E-state index in [4.69, 9.17) is 14.3 Å². The third-order valence-electron chi connectivity index (χ3n) is 4.74. The summed E-state index contributed by atoms with van der Waals surface area (Å²) in [5.41, 5.74) is 2.08. The number of nitrogens with zero attached hydrogens (tertiary/aromatic N) is 4. The van der Waals surface area contributed by atoms with Gasteiger partial charge in [0.2, 0.25) is 0 Å². The van der Waals surface area contributed by atoms with Crippen molar-refractivity contribution in [1.82, 2.24) is 20.8 Å². The number of guanidine groups is 1. The Morgan fingerprint density at radius 2 is 2.21 bits per heavy atom. The monoisotopic (exact) mass is 400 g/mol. The Bertz CT molecular complexity index is 804. The van der Waals surface area contributed by atoms with Gasteiger partial charge in [0, 0.05) is 31.9 Å². The first kappa shape index (κ1) is 21.1. The van der Waals surface area contributed by atoms with Crippen LogP contribution in [0.15, 0.2) is 33.9 Å². The average molecular weight is 401 g/mol. The van der Waals surface area contributed by atoms with Crippen molar-refractivity contribution in [1.29, 1.82) is 0 Å². The lowest BCUT2D eigenvalue weighted by Crippen LogP contribution is -2.41. The second-order valence-electron chi connectivity index (χ2n) is 7.57. The molecule has 29 heavy (non-hydrogen) atoms. The highest BCUT2D eigenvalue weighted by atomic mass is 16.5. The summed E-state index contributed by atoms with van der Waals surface area (Å²) in [7, 11) is 0. The average Bonchev–Trinajstić information content (AvgIpc) is 3.20. The number of morpholine rings is 1. The Kier molecular flexibility index (Phi) is 7.46. The van der Waals surface area contributed by atoms with Crippen LogP contribution in [0.2, 0.25) is 0 Å². The van der Waals surface area contributed by atoms with Gasteiger partial charge in [0.25, 0.3) is 0 Å². The number of anilines is 1. The molecular weight excluding hydrogens is 368 g/mol. The maximum absolute atomic E-state index is 5.62. The summed E-state index contributed by atoms with van der Waals surface area (Å²) in [6.07, 6.45) is 2.08. The Balaban J connectivity index is 1.61. The SMILES string of the molecule is CCNC(=NCc1ccnc(N2CCOC(C)C2)c1)NCc1cc(C(C)C)no1. The molecule has 0 amide bonds. The van der Waals surface area contributed by atoms with E-state index in [9.17, 15) is 0 Å². The number of rotatable bonds is 7. The zero-order chi connectivity index (χ0) is 20.6. The molecular formula is C21H32N6O2. The van der Waals surface area contributed by atoms with Crippen molar-refractivity contribution in [3.8, 4) is 0 Å². The molecule has 2 aromatic heterocycles. The molecule has 1 aliphatic heterocycles. The predicted octanol–water partition coefficient (Wildman–Crippen LogP) is 2.67. The first-order valence-corrected chi connectivity index (χ1v) is 10.3. The standard InChI is InChI=1S/C21H32N6O2/c1-5-22-21(25-13-18-11-19(15(2)3)26-29-18)24-12-17-6-7-23-20(10-17)27-8-9-28-16(4)14-27/h6-7,10-11,15-16H,5,8-9,12-14H2,1-4H3,(H2,22,24,25). The number of hydrogen-bond donors (Lipinski definition) is 2. The quantitative estimate of drug-likeness (QED) is 0.546. The largest absolute Gasteiger partial charge is 0.375 e. The molecule has 2 aromatic rings. The van der Waals surface area contributed by atoms with E-state index in [1.807, 2.05) is 25.3 Å². The number of ether oxygens (including phenoxy) is 1. The molecule has 0 bridgehead atoms. The van der Waals surface area contributed by atoms with Gasteiger partial charge < -0.3 is 24.8 Å². The minimum Gasteiger partial charge on any atom is -0.375 e. The van der Waals surface area contributed by atoms with E-state index in [0.29, 0.717) is 19.0 Å². The fourth-order valence-electron chi connectivity index (χ4n) is 3.13. The van der Waals surface area contributed by atoms with Gasteiger partial charge in [-0.3, -0.25) is 0 Å². The topological polar surface area (TPSA) is 87.8 Å². The summed E-state index contributed by atoms with van der Waals surface area (Å²) < 4.78 is 11.0. The Hall–Kier alpha value is -2.61. The Morgan fingerprint density at radius 1 is 1.34 bits per heavy atom. The van der Waals surface area contributed by atoms with Gasteiger partial charge in [-0.2, -0.15) is 0 Å². The number of nitrogens with one attached hydrogen (secondary N) is 2. The highest BCUT2D eigenvalue weighted by molar-refractivity contribution is 5.79. The number of hydrogen-bond acceptors (Lipinski definition) is 6. The molecule has 8 heteroatoms. The van der Waals surface area contributed by atoms with E-state index in [2.05, 4.69) is 52.5 Å². The zero-order valence-electron chi connectivity index (χ0n) is 17.8. The van der Waals surface area contributed by atoms with Gasteiger partial charge in [-0.15, -0.1) is 0 Å². The summed E-state index contributed by atoms with van der Waals surface area (Å²) in [4.78, 5) is 11.5. The Labute approximate surface area is 172 Å². The van der Waals surface area contributed by atoms with Crippen molar-refractivity contribution in [2.45, 2.75) is 52.8 Å². The summed E-state index contributed by atoms with van der Waals surface area (Å²) >= 11 is 0. The highest BCUT2D eigenvalue weighted by Gasteiger charge is 2.18. The molecule has 0 radical (unpaired) electrons. The fourth-order valence-corrected chi connectivity index (χ4v) is 3.13. The van der Waals surface area contributed by atoms with Gasteiger partial charge in [-0.05, 0) is 37.5 Å². The van der Waals surface area contributed by atoms with Crippen LogP contribution in [-0.2, 0) is 17.8 Å². The molecule has 1 aliphatic rings. The lowest BCUT2D eigenvalue weighted by atomic mass is 10.1. The summed E-state index contributed by atoms with van der Waals surface area (Å²) in [6.45, 7) is 12.7. The summed E-state index contributed by atoms with van der Waals surface area (Å²) in [5, 5.41) is 10.7. The van der Waals surface area contributed by atoms with Gasteiger partial charge >= 0.3 is 0 Å². The van der Waals surface area contributed by atoms with Crippen LogP contribution in [0.1, 0.15) is 50.6 Å². The Morgan fingerprint density at radius 3 is 2.93 bits per heavy atom. The lowest BCUT2D eigenvalue weighted by molar-refractivity contribution is 0.0529. The van der Waals surface area contributed by atoms with Gasteiger partial charge in [-0.25, -0.2) is 9.98 Å². The van der Waals surface area contributed by atoms with E-state index in [-0.39, 0.29) is 6.10 Å². The van der Waals surface area contributed by atoms with Crippen molar-refractivity contribution in [3.05, 3.63) is 41.4 Å². The van der Waals surface area contributed by atoms with Crippen LogP contribution < -0.4 is 15.5 Å². The molecule has 0 saturated carbocycles. The van der Waals surface area contributed by atoms with Gasteiger partial charge in [-0.1, -0.05) is 19.0 Å². The first-order chi connectivity index (χ1) is 14.0. The molecule has 3 heterocycles. The summed E-state index contributed by atoms with van der Waals surface area (Å²) in [6, 6.07) is 6.10. The van der Waals surface area contributed by atoms with Gasteiger partial charge in [0.15, 0.2) is 11.7 Å². The molecule has 0 spiro atoms. The van der Waals surface area contributed by atoms with Crippen molar-refractivity contribution < 1.29 is 9.26 Å². The maximum Gasteiger partial charge on any atom is 0.191 e. The number of aliphatic imine (C=N–C) groups is 1. The van der Waals surface area contributed by atoms with Crippen LogP contribution in [0.4, 0.5) is 5.82 Å². The molecule has 1 saturated heterocycles. The normalized spacial score (nSPS) is 17.6. The molecule has 1 atom stereocenters. The van der Waals surface area contributed by atoms with Gasteiger partial charge in [0.1, 0.15) is 5.82 Å². The molecule has 3 rings (SSSR count). The predicted molar refractivity (Wildman–Crippen MR) is 114 cm³/mol. The maximum atomic E-state index is 5.62. The van der Waals surface area contributed by atoms with Crippen molar-refractivity contribution in [2.75, 3.05) is 31.1 Å². The lowest BCUT2D eigenvalue weighted by Gasteiger charge is -2.32. The van der Waals surface area contributed by atoms with Gasteiger partial charge in [0.05, 0.1) is 31.5 Å². The minimum absolute atomic E-state index is 0.226. The highest BCUT2D eigenvalue weighted by Crippen LogP contribution is 2.17. The van der Waals surface area contributed by atoms with E-state index in [0.717, 1.165) is 55.0 Å². The fraction of sp³-hybridized carbons (Fsp3) is 0.571. The molecule has 2 N–H and O–H groups in total. The smallest absolute Gasteiger partial charge is 0.191 e. The van der Waals surface area contributed by atoms with Crippen LogP contribution in [0.5, 0.6) is 0 Å². The van der Waals surface area contributed by atoms with Crippen LogP contribution >= 0.6 is 0 Å². The van der Waals surface area contributed by atoms with E-state index in [1.54, 1.807) is 0 Å². The summed E-state index contributed by atoms with van der Waals surface area (Å²) in [5.74, 6) is 2.87. The van der Waals surface area contributed by atoms with E-state index >= 15 is 0 Å². The van der Waals surface area contributed by atoms with Crippen LogP contribution in [0.3, 0.4) is 0 Å². The number of aromatic nitrogens is 2. The van der Waals surface area contributed by atoms with Crippen molar-refractivity contribution in [3.63, 3.8) is 0 Å². The minimum atomic E-state index is 0.226. The molecule has 8 nitrogen and oxygen atoms in total. The third kappa shape index (κ3) is 6.19. The zero-order valence-corrected chi connectivity index (χ0v) is 17.8. The first-order valence-electron chi connectivity index (χ1n) is 10.3. The van der Waals surface area contributed by atoms with E-state index < -0.39 is 0 Å². The van der Waals surface area contributed by atoms with Crippen LogP contribution in [0.25, 0.3) is 0 Å². The molecule has 1 unspecified atom stereocenters. The van der Waals surface area contributed by atoms with Crippen molar-refractivity contribution in [2.24, 2.45) is 4.99 Å². The number of pyridine rings is 1. The van der Waals surface area contributed by atoms with Crippen LogP contribution in [0, 0.1) is 0 Å². The molecule has 0 aliphatic carbocycles.